The predicted octanol–water partition coefficient (Wildman–Crippen LogP) is 0.985. The highest BCUT2D eigenvalue weighted by Crippen LogP contribution is 2.18. The van der Waals surface area contributed by atoms with Crippen molar-refractivity contribution in [3.8, 4) is 0 Å². The number of hydroxylamine groups is 2. The average Bonchev–Trinajstić information content (AvgIpc) is 2.87. The summed E-state index contributed by atoms with van der Waals surface area (Å²) < 4.78 is 16.0. The number of carbonyl (C=O) groups is 3. The molecule has 0 spiro atoms. The van der Waals surface area contributed by atoms with E-state index in [0.29, 0.717) is 16.9 Å². The second-order valence-electron chi connectivity index (χ2n) is 4.81. The van der Waals surface area contributed by atoms with Crippen molar-refractivity contribution in [1.29, 1.82) is 0 Å². The van der Waals surface area contributed by atoms with Crippen LogP contribution in [-0.4, -0.2) is 64.5 Å². The zero-order valence-corrected chi connectivity index (χ0v) is 15.5. The molecule has 1 aliphatic heterocycles. The van der Waals surface area contributed by atoms with Crippen LogP contribution in [0.4, 0.5) is 0 Å². The highest BCUT2D eigenvalue weighted by atomic mass is 32.2. The molecular formula is C13H23NO7SSi. The van der Waals surface area contributed by atoms with E-state index in [2.05, 4.69) is 0 Å². The number of imide groups is 1. The first-order valence-corrected chi connectivity index (χ1v) is 10.4. The van der Waals surface area contributed by atoms with Crippen LogP contribution in [0, 0.1) is 0 Å². The molecule has 1 heterocycles. The van der Waals surface area contributed by atoms with Gasteiger partial charge in [-0.2, -0.15) is 11.8 Å². The van der Waals surface area contributed by atoms with Crippen LogP contribution >= 0.6 is 11.8 Å². The number of carbonyl (C=O) groups excluding carboxylic acids is 3. The minimum Gasteiger partial charge on any atom is -0.377 e. The zero-order chi connectivity index (χ0) is 17.3. The summed E-state index contributed by atoms with van der Waals surface area (Å²) in [7, 11) is 2.19. The number of rotatable bonds is 11. The second kappa shape index (κ2) is 10.0. The Labute approximate surface area is 141 Å². The van der Waals surface area contributed by atoms with Gasteiger partial charge in [-0.05, 0) is 12.2 Å². The number of amides is 2. The minimum atomic E-state index is -2.53. The molecule has 0 radical (unpaired) electrons. The van der Waals surface area contributed by atoms with Gasteiger partial charge in [-0.1, -0.05) is 0 Å². The van der Waals surface area contributed by atoms with Crippen LogP contribution in [0.3, 0.4) is 0 Å². The van der Waals surface area contributed by atoms with Crippen molar-refractivity contribution in [3.63, 3.8) is 0 Å². The molecule has 0 aliphatic carbocycles. The van der Waals surface area contributed by atoms with Crippen molar-refractivity contribution < 1.29 is 32.5 Å². The lowest BCUT2D eigenvalue weighted by molar-refractivity contribution is -0.197. The summed E-state index contributed by atoms with van der Waals surface area (Å²) in [4.78, 5) is 39.0. The van der Waals surface area contributed by atoms with Gasteiger partial charge in [0.1, 0.15) is 0 Å². The molecular weight excluding hydrogens is 342 g/mol. The van der Waals surface area contributed by atoms with Crippen molar-refractivity contribution >= 4 is 38.3 Å². The number of nitrogens with zero attached hydrogens (tertiary/aromatic N) is 1. The highest BCUT2D eigenvalue weighted by molar-refractivity contribution is 7.99. The Hall–Kier alpha value is -0.943. The Morgan fingerprint density at radius 2 is 1.65 bits per heavy atom. The summed E-state index contributed by atoms with van der Waals surface area (Å²) in [5.74, 6) is -0.126. The topological polar surface area (TPSA) is 91.4 Å². The molecule has 0 atom stereocenters. The molecule has 0 saturated carbocycles. The van der Waals surface area contributed by atoms with Crippen molar-refractivity contribution in [2.75, 3.05) is 32.8 Å². The van der Waals surface area contributed by atoms with Crippen LogP contribution in [0.2, 0.25) is 6.04 Å². The fourth-order valence-corrected chi connectivity index (χ4v) is 4.85. The van der Waals surface area contributed by atoms with Gasteiger partial charge in [-0.3, -0.25) is 9.59 Å². The van der Waals surface area contributed by atoms with Crippen LogP contribution in [0.25, 0.3) is 0 Å². The smallest absolute Gasteiger partial charge is 0.377 e. The van der Waals surface area contributed by atoms with Gasteiger partial charge in [-0.15, -0.1) is 5.06 Å². The van der Waals surface area contributed by atoms with Gasteiger partial charge in [0.15, 0.2) is 0 Å². The van der Waals surface area contributed by atoms with Crippen molar-refractivity contribution in [2.24, 2.45) is 0 Å². The first kappa shape index (κ1) is 20.1. The van der Waals surface area contributed by atoms with E-state index in [1.165, 1.54) is 0 Å². The van der Waals surface area contributed by atoms with Gasteiger partial charge >= 0.3 is 14.8 Å². The average molecular weight is 365 g/mol. The number of thioether (sulfide) groups is 1. The number of hydrogen-bond donors (Lipinski definition) is 0. The molecule has 0 aromatic carbocycles. The van der Waals surface area contributed by atoms with Gasteiger partial charge in [0, 0.05) is 46.0 Å². The Bertz CT molecular complexity index is 406. The van der Waals surface area contributed by atoms with E-state index in [1.807, 2.05) is 0 Å². The normalized spacial score (nSPS) is 15.3. The zero-order valence-electron chi connectivity index (χ0n) is 13.7. The Morgan fingerprint density at radius 3 is 2.17 bits per heavy atom. The van der Waals surface area contributed by atoms with Crippen LogP contribution < -0.4 is 0 Å². The van der Waals surface area contributed by atoms with Gasteiger partial charge in [0.25, 0.3) is 11.8 Å². The third kappa shape index (κ3) is 6.22. The molecule has 1 aliphatic rings. The van der Waals surface area contributed by atoms with E-state index in [1.54, 1.807) is 33.1 Å². The Kier molecular flexibility index (Phi) is 8.77. The maximum absolute atomic E-state index is 11.6. The van der Waals surface area contributed by atoms with Crippen molar-refractivity contribution in [3.05, 3.63) is 0 Å². The molecule has 23 heavy (non-hydrogen) atoms. The monoisotopic (exact) mass is 365 g/mol. The summed E-state index contributed by atoms with van der Waals surface area (Å²) in [6, 6.07) is 0.699. The quantitative estimate of drug-likeness (QED) is 0.304. The Balaban J connectivity index is 2.14. The molecule has 0 bridgehead atoms. The predicted molar refractivity (Wildman–Crippen MR) is 85.3 cm³/mol. The van der Waals surface area contributed by atoms with Crippen molar-refractivity contribution in [2.45, 2.75) is 31.7 Å². The molecule has 132 valence electrons. The Morgan fingerprint density at radius 1 is 1.09 bits per heavy atom. The maximum Gasteiger partial charge on any atom is 0.500 e. The first-order chi connectivity index (χ1) is 11.0. The van der Waals surface area contributed by atoms with Crippen LogP contribution in [0.5, 0.6) is 0 Å². The molecule has 1 fully saturated rings. The lowest BCUT2D eigenvalue weighted by Gasteiger charge is -2.24. The lowest BCUT2D eigenvalue weighted by Crippen LogP contribution is -2.42. The lowest BCUT2D eigenvalue weighted by atomic mass is 10.4. The summed E-state index contributed by atoms with van der Waals surface area (Å²) in [5, 5.41) is 0.572. The summed E-state index contributed by atoms with van der Waals surface area (Å²) >= 11 is 1.58. The molecule has 2 amide bonds. The third-order valence-corrected chi connectivity index (χ3v) is 7.26. The largest absolute Gasteiger partial charge is 0.500 e. The summed E-state index contributed by atoms with van der Waals surface area (Å²) in [6.07, 6.45) is 1.18. The van der Waals surface area contributed by atoms with Gasteiger partial charge in [-0.25, -0.2) is 4.79 Å². The molecule has 1 saturated heterocycles. The van der Waals surface area contributed by atoms with E-state index in [4.69, 9.17) is 18.1 Å². The first-order valence-electron chi connectivity index (χ1n) is 7.27. The number of hydrogen-bond acceptors (Lipinski definition) is 8. The molecule has 0 unspecified atom stereocenters. The molecule has 1 rings (SSSR count). The van der Waals surface area contributed by atoms with Crippen LogP contribution in [0.15, 0.2) is 0 Å². The van der Waals surface area contributed by atoms with Gasteiger partial charge in [0.2, 0.25) is 0 Å². The fourth-order valence-electron chi connectivity index (χ4n) is 2.01. The maximum atomic E-state index is 11.6. The van der Waals surface area contributed by atoms with Crippen LogP contribution in [0.1, 0.15) is 25.7 Å². The standard InChI is InChI=1S/C13H23NO7SSi/c1-18-23(19-2,20-3)10-4-8-22-9-7-13(17)21-14-11(15)5-6-12(14)16/h4-10H2,1-3H3. The van der Waals surface area contributed by atoms with Crippen LogP contribution in [-0.2, 0) is 32.5 Å². The molecule has 8 nitrogen and oxygen atoms in total. The third-order valence-electron chi connectivity index (χ3n) is 3.35. The summed E-state index contributed by atoms with van der Waals surface area (Å²) in [5.41, 5.74) is 0. The van der Waals surface area contributed by atoms with E-state index in [-0.39, 0.29) is 19.3 Å². The van der Waals surface area contributed by atoms with Gasteiger partial charge < -0.3 is 18.1 Å². The van der Waals surface area contributed by atoms with E-state index < -0.39 is 26.6 Å². The van der Waals surface area contributed by atoms with Gasteiger partial charge in [0.05, 0.1) is 6.42 Å². The highest BCUT2D eigenvalue weighted by Gasteiger charge is 2.36. The molecule has 0 N–H and O–H groups in total. The van der Waals surface area contributed by atoms with E-state index >= 15 is 0 Å². The minimum absolute atomic E-state index is 0.102. The molecule has 10 heteroatoms. The summed E-state index contributed by atoms with van der Waals surface area (Å²) in [6.45, 7) is 0. The van der Waals surface area contributed by atoms with E-state index in [0.717, 1.165) is 12.2 Å². The second-order valence-corrected chi connectivity index (χ2v) is 9.12. The van der Waals surface area contributed by atoms with Crippen molar-refractivity contribution in [1.82, 2.24) is 5.06 Å². The molecule has 0 aromatic heterocycles. The SMILES string of the molecule is CO[Si](CCCSCCC(=O)ON1C(=O)CCC1=O)(OC)OC. The fraction of sp³-hybridized carbons (Fsp3) is 0.769. The molecule has 0 aromatic rings. The van der Waals surface area contributed by atoms with E-state index in [9.17, 15) is 14.4 Å².